The van der Waals surface area contributed by atoms with Crippen LogP contribution in [-0.4, -0.2) is 28.8 Å². The van der Waals surface area contributed by atoms with E-state index in [9.17, 15) is 4.39 Å². The molecule has 1 aromatic heterocycles. The summed E-state index contributed by atoms with van der Waals surface area (Å²) < 4.78 is 15.6. The monoisotopic (exact) mass is 262 g/mol. The van der Waals surface area contributed by atoms with Gasteiger partial charge in [-0.2, -0.15) is 0 Å². The van der Waals surface area contributed by atoms with Crippen LogP contribution in [0.2, 0.25) is 0 Å². The molecule has 0 radical (unpaired) electrons. The van der Waals surface area contributed by atoms with E-state index in [1.54, 1.807) is 0 Å². The zero-order chi connectivity index (χ0) is 13.6. The summed E-state index contributed by atoms with van der Waals surface area (Å²) in [5.41, 5.74) is 9.64. The van der Waals surface area contributed by atoms with Gasteiger partial charge < -0.3 is 15.2 Å². The Morgan fingerprint density at radius 1 is 1.42 bits per heavy atom. The molecule has 2 N–H and O–H groups in total. The summed E-state index contributed by atoms with van der Waals surface area (Å²) in [6, 6.07) is 3.93. The first-order chi connectivity index (χ1) is 9.06. The number of fused-ring (bicyclic) bond motifs is 1. The molecular weight excluding hydrogens is 243 g/mol. The summed E-state index contributed by atoms with van der Waals surface area (Å²) >= 11 is 0. The molecule has 2 aromatic rings. The summed E-state index contributed by atoms with van der Waals surface area (Å²) in [6.45, 7) is 3.29. The van der Waals surface area contributed by atoms with E-state index in [1.807, 2.05) is 35.6 Å². The second-order valence-electron chi connectivity index (χ2n) is 5.35. The molecule has 1 aliphatic heterocycles. The first-order valence-corrected chi connectivity index (χ1v) is 6.68. The Labute approximate surface area is 112 Å². The Bertz CT molecular complexity index is 619. The molecule has 0 spiro atoms. The fourth-order valence-electron chi connectivity index (χ4n) is 2.74. The van der Waals surface area contributed by atoms with E-state index in [2.05, 4.69) is 4.98 Å². The highest BCUT2D eigenvalue weighted by atomic mass is 19.1. The van der Waals surface area contributed by atoms with Crippen molar-refractivity contribution in [2.45, 2.75) is 25.9 Å². The zero-order valence-corrected chi connectivity index (χ0v) is 11.4. The number of aromatic nitrogens is 2. The smallest absolute Gasteiger partial charge is 0.206 e. The predicted octanol–water partition coefficient (Wildman–Crippen LogP) is 2.40. The van der Waals surface area contributed by atoms with Gasteiger partial charge in [0.05, 0.1) is 17.6 Å². The number of rotatable bonds is 1. The molecule has 0 bridgehead atoms. The molecule has 102 valence electrons. The third-order valence-corrected chi connectivity index (χ3v) is 3.89. The van der Waals surface area contributed by atoms with Crippen molar-refractivity contribution in [2.75, 3.05) is 23.7 Å². The van der Waals surface area contributed by atoms with E-state index in [4.69, 9.17) is 5.73 Å². The van der Waals surface area contributed by atoms with Crippen LogP contribution in [0.5, 0.6) is 0 Å². The van der Waals surface area contributed by atoms with Crippen LogP contribution < -0.4 is 10.6 Å². The summed E-state index contributed by atoms with van der Waals surface area (Å²) in [5, 5.41) is 0. The van der Waals surface area contributed by atoms with Gasteiger partial charge in [-0.15, -0.1) is 0 Å². The Balaban J connectivity index is 2.07. The van der Waals surface area contributed by atoms with Gasteiger partial charge in [-0.05, 0) is 37.5 Å². The van der Waals surface area contributed by atoms with Crippen LogP contribution in [0.1, 0.15) is 18.4 Å². The topological polar surface area (TPSA) is 47.1 Å². The van der Waals surface area contributed by atoms with Gasteiger partial charge in [-0.3, -0.25) is 0 Å². The molecular formula is C14H19FN4. The number of hydrogen-bond donors (Lipinski definition) is 1. The van der Waals surface area contributed by atoms with Crippen LogP contribution in [0, 0.1) is 6.92 Å². The first kappa shape index (κ1) is 12.3. The van der Waals surface area contributed by atoms with Crippen molar-refractivity contribution in [3.63, 3.8) is 0 Å². The van der Waals surface area contributed by atoms with Gasteiger partial charge in [-0.25, -0.2) is 9.37 Å². The fraction of sp³-hybridized carbons (Fsp3) is 0.500. The lowest BCUT2D eigenvalue weighted by Crippen LogP contribution is -2.37. The van der Waals surface area contributed by atoms with Crippen LogP contribution >= 0.6 is 0 Å². The normalized spacial score (nSPS) is 20.2. The maximum absolute atomic E-state index is 13.5. The maximum atomic E-state index is 13.5. The van der Waals surface area contributed by atoms with E-state index in [1.165, 1.54) is 0 Å². The highest BCUT2D eigenvalue weighted by molar-refractivity contribution is 5.83. The fourth-order valence-corrected chi connectivity index (χ4v) is 2.74. The molecule has 4 nitrogen and oxygen atoms in total. The highest BCUT2D eigenvalue weighted by Crippen LogP contribution is 2.27. The van der Waals surface area contributed by atoms with E-state index in [0.29, 0.717) is 13.0 Å². The lowest BCUT2D eigenvalue weighted by molar-refractivity contribution is 0.285. The molecule has 5 heteroatoms. The molecule has 1 unspecified atom stereocenters. The third-order valence-electron chi connectivity index (χ3n) is 3.89. The molecule has 1 aromatic carbocycles. The summed E-state index contributed by atoms with van der Waals surface area (Å²) in [4.78, 5) is 6.64. The third kappa shape index (κ3) is 2.03. The summed E-state index contributed by atoms with van der Waals surface area (Å²) in [6.07, 6.45) is 0.790. The number of hydrogen-bond acceptors (Lipinski definition) is 3. The number of anilines is 2. The second-order valence-corrected chi connectivity index (χ2v) is 5.35. The molecule has 2 heterocycles. The molecule has 1 atom stereocenters. The minimum absolute atomic E-state index is 0.436. The summed E-state index contributed by atoms with van der Waals surface area (Å²) in [5.74, 6) is 0.836. The number of nitrogens with two attached hydrogens (primary N) is 1. The quantitative estimate of drug-likeness (QED) is 0.803. The summed E-state index contributed by atoms with van der Waals surface area (Å²) in [7, 11) is 1.97. The number of halogens is 1. The first-order valence-electron chi connectivity index (χ1n) is 6.68. The molecule has 1 saturated heterocycles. The average Bonchev–Trinajstić information content (AvgIpc) is 2.68. The van der Waals surface area contributed by atoms with Crippen molar-refractivity contribution in [1.29, 1.82) is 0 Å². The lowest BCUT2D eigenvalue weighted by atomic mass is 10.1. The predicted molar refractivity (Wildman–Crippen MR) is 76.2 cm³/mol. The van der Waals surface area contributed by atoms with Crippen LogP contribution in [0.4, 0.5) is 16.0 Å². The van der Waals surface area contributed by atoms with Crippen LogP contribution in [-0.2, 0) is 7.05 Å². The van der Waals surface area contributed by atoms with Gasteiger partial charge in [0, 0.05) is 19.3 Å². The van der Waals surface area contributed by atoms with Gasteiger partial charge in [0.25, 0.3) is 0 Å². The number of benzene rings is 1. The number of imidazole rings is 1. The standard InChI is InChI=1S/C14H19FN4/c1-9-6-13-12(7-11(9)16)17-14(18(13)2)19-5-3-4-10(15)8-19/h6-7,10H,3-5,8,16H2,1-2H3. The average molecular weight is 262 g/mol. The van der Waals surface area contributed by atoms with Gasteiger partial charge >= 0.3 is 0 Å². The minimum atomic E-state index is -0.750. The van der Waals surface area contributed by atoms with Crippen LogP contribution in [0.15, 0.2) is 12.1 Å². The van der Waals surface area contributed by atoms with Crippen molar-refractivity contribution in [2.24, 2.45) is 7.05 Å². The van der Waals surface area contributed by atoms with Crippen LogP contribution in [0.3, 0.4) is 0 Å². The van der Waals surface area contributed by atoms with Gasteiger partial charge in [0.1, 0.15) is 6.17 Å². The molecule has 0 aliphatic carbocycles. The highest BCUT2D eigenvalue weighted by Gasteiger charge is 2.23. The van der Waals surface area contributed by atoms with Crippen molar-refractivity contribution < 1.29 is 4.39 Å². The Hall–Kier alpha value is -1.78. The molecule has 3 rings (SSSR count). The number of alkyl halides is 1. The Morgan fingerprint density at radius 3 is 2.95 bits per heavy atom. The van der Waals surface area contributed by atoms with Crippen LogP contribution in [0.25, 0.3) is 11.0 Å². The van der Waals surface area contributed by atoms with Crippen molar-refractivity contribution in [1.82, 2.24) is 9.55 Å². The number of nitrogens with zero attached hydrogens (tertiary/aromatic N) is 3. The Morgan fingerprint density at radius 2 is 2.21 bits per heavy atom. The van der Waals surface area contributed by atoms with Crippen molar-refractivity contribution in [3.05, 3.63) is 17.7 Å². The van der Waals surface area contributed by atoms with Gasteiger partial charge in [-0.1, -0.05) is 0 Å². The van der Waals surface area contributed by atoms with Gasteiger partial charge in [0.15, 0.2) is 0 Å². The van der Waals surface area contributed by atoms with Crippen molar-refractivity contribution >= 4 is 22.7 Å². The maximum Gasteiger partial charge on any atom is 0.206 e. The van der Waals surface area contributed by atoms with E-state index in [0.717, 1.165) is 41.2 Å². The second kappa shape index (κ2) is 4.40. The van der Waals surface area contributed by atoms with Crippen molar-refractivity contribution in [3.8, 4) is 0 Å². The van der Waals surface area contributed by atoms with E-state index < -0.39 is 6.17 Å². The van der Waals surface area contributed by atoms with Gasteiger partial charge in [0.2, 0.25) is 5.95 Å². The van der Waals surface area contributed by atoms with E-state index in [-0.39, 0.29) is 0 Å². The number of nitrogen functional groups attached to an aromatic ring is 1. The molecule has 1 aliphatic rings. The zero-order valence-electron chi connectivity index (χ0n) is 11.4. The molecule has 0 amide bonds. The molecule has 1 fully saturated rings. The minimum Gasteiger partial charge on any atom is -0.398 e. The van der Waals surface area contributed by atoms with E-state index >= 15 is 0 Å². The molecule has 0 saturated carbocycles. The largest absolute Gasteiger partial charge is 0.398 e. The number of aryl methyl sites for hydroxylation is 2. The number of piperidine rings is 1. The molecule has 19 heavy (non-hydrogen) atoms. The SMILES string of the molecule is Cc1cc2c(cc1N)nc(N1CCCC(F)C1)n2C. The Kier molecular flexibility index (Phi) is 2.84. The lowest BCUT2D eigenvalue weighted by Gasteiger charge is -2.29.